The fourth-order valence-corrected chi connectivity index (χ4v) is 2.02. The van der Waals surface area contributed by atoms with Crippen LogP contribution in [-0.2, 0) is 14.4 Å². The molecule has 0 fully saturated rings. The average molecular weight is 405 g/mol. The lowest BCUT2D eigenvalue weighted by Gasteiger charge is -2.19. The molecule has 0 atom stereocenters. The number of hydrogen-bond donors (Lipinski definition) is 3. The summed E-state index contributed by atoms with van der Waals surface area (Å²) in [5.74, 6) is -0.990. The predicted octanol–water partition coefficient (Wildman–Crippen LogP) is 3.85. The first-order valence-corrected chi connectivity index (χ1v) is 8.56. The van der Waals surface area contributed by atoms with Crippen LogP contribution in [0.4, 0.5) is 4.79 Å². The molecule has 144 valence electrons. The number of carboxylic acid groups (broad SMARTS) is 1. The first-order valence-electron chi connectivity index (χ1n) is 7.80. The molecule has 26 heavy (non-hydrogen) atoms. The molecule has 0 unspecified atom stereocenters. The number of hydroxylamine groups is 1. The van der Waals surface area contributed by atoms with E-state index in [0.717, 1.165) is 0 Å². The van der Waals surface area contributed by atoms with Crippen LogP contribution in [0.15, 0.2) is 24.3 Å². The highest BCUT2D eigenvalue weighted by molar-refractivity contribution is 6.42. The Morgan fingerprint density at radius 3 is 2.50 bits per heavy atom. The first-order chi connectivity index (χ1) is 12.1. The van der Waals surface area contributed by atoms with Crippen LogP contribution in [0.3, 0.4) is 0 Å². The van der Waals surface area contributed by atoms with Gasteiger partial charge in [0.25, 0.3) is 0 Å². The summed E-state index contributed by atoms with van der Waals surface area (Å²) in [5.41, 5.74) is 3.12. The Hall–Kier alpha value is -1.96. The van der Waals surface area contributed by atoms with Crippen molar-refractivity contribution in [3.63, 3.8) is 0 Å². The number of carbonyl (C=O) groups is 2. The molecular formula is C17H22Cl2N2O5. The molecule has 0 saturated heterocycles. The van der Waals surface area contributed by atoms with Crippen molar-refractivity contribution in [2.75, 3.05) is 13.2 Å². The number of carboxylic acids is 1. The first kappa shape index (κ1) is 22.1. The number of alkyl carbamates (subject to hydrolysis) is 1. The molecule has 0 bridgehead atoms. The molecule has 9 heteroatoms. The third kappa shape index (κ3) is 8.94. The predicted molar refractivity (Wildman–Crippen MR) is 100 cm³/mol. The Kier molecular flexibility index (Phi) is 8.71. The summed E-state index contributed by atoms with van der Waals surface area (Å²) in [5, 5.41) is 12.1. The highest BCUT2D eigenvalue weighted by Crippen LogP contribution is 2.25. The number of nitrogens with one attached hydrogen (secondary N) is 2. The second-order valence-electron chi connectivity index (χ2n) is 6.22. The minimum Gasteiger partial charge on any atom is -0.481 e. The second-order valence-corrected chi connectivity index (χ2v) is 7.04. The van der Waals surface area contributed by atoms with Crippen molar-refractivity contribution in [2.45, 2.75) is 32.8 Å². The maximum Gasteiger partial charge on any atom is 0.407 e. The third-order valence-electron chi connectivity index (χ3n) is 2.77. The van der Waals surface area contributed by atoms with Crippen molar-refractivity contribution >= 4 is 41.0 Å². The molecule has 0 aliphatic rings. The summed E-state index contributed by atoms with van der Waals surface area (Å²) < 4.78 is 5.09. The van der Waals surface area contributed by atoms with Crippen LogP contribution in [0.5, 0.6) is 0 Å². The maximum atomic E-state index is 11.5. The number of benzene rings is 1. The molecule has 1 rings (SSSR count). The zero-order valence-electron chi connectivity index (χ0n) is 14.8. The number of amides is 1. The van der Waals surface area contributed by atoms with Crippen molar-refractivity contribution in [1.29, 1.82) is 0 Å². The highest BCUT2D eigenvalue weighted by Gasteiger charge is 2.15. The molecule has 0 aliphatic heterocycles. The van der Waals surface area contributed by atoms with Gasteiger partial charge in [0.15, 0.2) is 0 Å². The molecule has 3 N–H and O–H groups in total. The molecule has 1 aromatic rings. The minimum atomic E-state index is -0.990. The molecule has 1 aromatic carbocycles. The Morgan fingerprint density at radius 2 is 1.92 bits per heavy atom. The van der Waals surface area contributed by atoms with E-state index in [1.54, 1.807) is 39.0 Å². The van der Waals surface area contributed by atoms with Gasteiger partial charge in [-0.2, -0.15) is 0 Å². The standard InChI is InChI=1S/C17H22Cl2N2O5/c1-17(2,3)26-16(24)20-8-9-25-21-14(6-7-15(22)23)11-4-5-12(18)13(19)10-11/h4-6,10,21H,7-9H2,1-3H3,(H,20,24)(H,22,23). The molecule has 7 nitrogen and oxygen atoms in total. The Labute approximate surface area is 162 Å². The third-order valence-corrected chi connectivity index (χ3v) is 3.50. The summed E-state index contributed by atoms with van der Waals surface area (Å²) in [4.78, 5) is 27.6. The number of carbonyl (C=O) groups excluding carboxylic acids is 1. The molecule has 0 aliphatic carbocycles. The van der Waals surface area contributed by atoms with Gasteiger partial charge >= 0.3 is 12.1 Å². The lowest BCUT2D eigenvalue weighted by molar-refractivity contribution is -0.136. The Morgan fingerprint density at radius 1 is 1.23 bits per heavy atom. The summed E-state index contributed by atoms with van der Waals surface area (Å²) in [7, 11) is 0. The van der Waals surface area contributed by atoms with Gasteiger partial charge in [-0.05, 0) is 39.0 Å². The van der Waals surface area contributed by atoms with Gasteiger partial charge in [0.2, 0.25) is 0 Å². The van der Waals surface area contributed by atoms with Crippen molar-refractivity contribution in [3.8, 4) is 0 Å². The average Bonchev–Trinajstić information content (AvgIpc) is 2.51. The number of halogens is 2. The Balaban J connectivity index is 2.57. The van der Waals surface area contributed by atoms with Crippen molar-refractivity contribution < 1.29 is 24.3 Å². The molecule has 0 heterocycles. The maximum absolute atomic E-state index is 11.5. The lowest BCUT2D eigenvalue weighted by Crippen LogP contribution is -2.35. The van der Waals surface area contributed by atoms with Crippen LogP contribution in [0.2, 0.25) is 10.0 Å². The topological polar surface area (TPSA) is 96.9 Å². The van der Waals surface area contributed by atoms with Crippen LogP contribution < -0.4 is 10.8 Å². The quantitative estimate of drug-likeness (QED) is 0.449. The van der Waals surface area contributed by atoms with E-state index in [2.05, 4.69) is 10.8 Å². The van der Waals surface area contributed by atoms with Gasteiger partial charge in [-0.1, -0.05) is 29.3 Å². The summed E-state index contributed by atoms with van der Waals surface area (Å²) in [6.45, 7) is 5.63. The van der Waals surface area contributed by atoms with Crippen LogP contribution >= 0.6 is 23.2 Å². The van der Waals surface area contributed by atoms with Gasteiger partial charge in [0.05, 0.1) is 28.8 Å². The normalized spacial score (nSPS) is 11.8. The van der Waals surface area contributed by atoms with Crippen molar-refractivity contribution in [3.05, 3.63) is 39.9 Å². The number of rotatable bonds is 8. The van der Waals surface area contributed by atoms with Gasteiger partial charge in [0, 0.05) is 12.1 Å². The van der Waals surface area contributed by atoms with Crippen LogP contribution in [-0.4, -0.2) is 35.9 Å². The van der Waals surface area contributed by atoms with E-state index in [4.69, 9.17) is 37.9 Å². The highest BCUT2D eigenvalue weighted by atomic mass is 35.5. The molecular weight excluding hydrogens is 383 g/mol. The van der Waals surface area contributed by atoms with Crippen LogP contribution in [0, 0.1) is 0 Å². The molecule has 0 radical (unpaired) electrons. The van der Waals surface area contributed by atoms with E-state index in [9.17, 15) is 9.59 Å². The molecule has 0 aromatic heterocycles. The summed E-state index contributed by atoms with van der Waals surface area (Å²) in [6, 6.07) is 4.86. The van der Waals surface area contributed by atoms with E-state index < -0.39 is 17.7 Å². The van der Waals surface area contributed by atoms with Crippen molar-refractivity contribution in [2.24, 2.45) is 0 Å². The fraction of sp³-hybridized carbons (Fsp3) is 0.412. The van der Waals surface area contributed by atoms with Gasteiger partial charge in [-0.25, -0.2) is 4.79 Å². The summed E-state index contributed by atoms with van der Waals surface area (Å²) >= 11 is 11.9. The molecule has 0 spiro atoms. The number of aliphatic carboxylic acids is 1. The van der Waals surface area contributed by atoms with E-state index >= 15 is 0 Å². The van der Waals surface area contributed by atoms with Gasteiger partial charge in [-0.15, -0.1) is 0 Å². The lowest BCUT2D eigenvalue weighted by atomic mass is 10.1. The molecule has 1 amide bonds. The number of hydrogen-bond acceptors (Lipinski definition) is 5. The monoisotopic (exact) mass is 404 g/mol. The SMILES string of the molecule is CC(C)(C)OC(=O)NCCONC(=CCC(=O)O)c1ccc(Cl)c(Cl)c1. The second kappa shape index (κ2) is 10.3. The van der Waals surface area contributed by atoms with Gasteiger partial charge in [-0.3, -0.25) is 15.1 Å². The smallest absolute Gasteiger partial charge is 0.407 e. The van der Waals surface area contributed by atoms with E-state index in [1.165, 1.54) is 6.08 Å². The van der Waals surface area contributed by atoms with E-state index in [-0.39, 0.29) is 19.6 Å². The zero-order chi connectivity index (χ0) is 19.7. The van der Waals surface area contributed by atoms with E-state index in [1.807, 2.05) is 0 Å². The zero-order valence-corrected chi connectivity index (χ0v) is 16.3. The van der Waals surface area contributed by atoms with Crippen molar-refractivity contribution in [1.82, 2.24) is 10.8 Å². The van der Waals surface area contributed by atoms with E-state index in [0.29, 0.717) is 21.3 Å². The Bertz CT molecular complexity index is 672. The minimum absolute atomic E-state index is 0.130. The van der Waals surface area contributed by atoms with Gasteiger partial charge < -0.3 is 15.2 Å². The number of ether oxygens (including phenoxy) is 1. The fourth-order valence-electron chi connectivity index (χ4n) is 1.72. The van der Waals surface area contributed by atoms with Crippen LogP contribution in [0.25, 0.3) is 5.70 Å². The van der Waals surface area contributed by atoms with Crippen LogP contribution in [0.1, 0.15) is 32.8 Å². The molecule has 0 saturated carbocycles. The van der Waals surface area contributed by atoms with Gasteiger partial charge in [0.1, 0.15) is 5.60 Å². The summed E-state index contributed by atoms with van der Waals surface area (Å²) in [6.07, 6.45) is 0.692. The largest absolute Gasteiger partial charge is 0.481 e.